The summed E-state index contributed by atoms with van der Waals surface area (Å²) in [7, 11) is 3.41. The Bertz CT molecular complexity index is 819. The maximum Gasteiger partial charge on any atom is 0.124 e. The minimum atomic E-state index is 0.712. The molecule has 0 atom stereocenters. The molecule has 4 nitrogen and oxygen atoms in total. The molecule has 2 aromatic heterocycles. The van der Waals surface area contributed by atoms with Gasteiger partial charge in [-0.2, -0.15) is 0 Å². The van der Waals surface area contributed by atoms with Gasteiger partial charge in [0.1, 0.15) is 10.8 Å². The molecule has 0 radical (unpaired) electrons. The lowest BCUT2D eigenvalue weighted by Crippen LogP contribution is -2.07. The highest BCUT2D eigenvalue weighted by atomic mass is 32.1. The zero-order chi connectivity index (χ0) is 17.1. The van der Waals surface area contributed by atoms with Crippen molar-refractivity contribution < 1.29 is 9.47 Å². The molecular weight excluding hydrogens is 320 g/mol. The van der Waals surface area contributed by atoms with Crippen molar-refractivity contribution in [2.24, 2.45) is 0 Å². The fourth-order valence-corrected chi connectivity index (χ4v) is 3.68. The highest BCUT2D eigenvalue weighted by molar-refractivity contribution is 7.13. The lowest BCUT2D eigenvalue weighted by molar-refractivity contribution is 0.186. The second kappa shape index (κ2) is 7.20. The van der Waals surface area contributed by atoms with Crippen molar-refractivity contribution in [2.75, 3.05) is 20.8 Å². The van der Waals surface area contributed by atoms with E-state index in [-0.39, 0.29) is 0 Å². The van der Waals surface area contributed by atoms with Crippen molar-refractivity contribution in [1.29, 1.82) is 0 Å². The van der Waals surface area contributed by atoms with E-state index in [0.29, 0.717) is 6.61 Å². The molecule has 3 aromatic rings. The molecule has 0 unspecified atom stereocenters. The Morgan fingerprint density at radius 1 is 1.12 bits per heavy atom. The summed E-state index contributed by atoms with van der Waals surface area (Å²) in [6.45, 7) is 5.85. The van der Waals surface area contributed by atoms with Gasteiger partial charge in [0.05, 0.1) is 19.4 Å². The quantitative estimate of drug-likeness (QED) is 0.659. The van der Waals surface area contributed by atoms with Crippen LogP contribution in [0, 0.1) is 13.8 Å². The van der Waals surface area contributed by atoms with Crippen LogP contribution in [-0.2, 0) is 11.3 Å². The average molecular weight is 342 g/mol. The van der Waals surface area contributed by atoms with Crippen molar-refractivity contribution in [3.63, 3.8) is 0 Å². The smallest absolute Gasteiger partial charge is 0.124 e. The normalized spacial score (nSPS) is 11.0. The van der Waals surface area contributed by atoms with Crippen LogP contribution in [0.3, 0.4) is 0 Å². The van der Waals surface area contributed by atoms with Crippen molar-refractivity contribution in [3.05, 3.63) is 47.1 Å². The fourth-order valence-electron chi connectivity index (χ4n) is 2.85. The first kappa shape index (κ1) is 16.7. The second-order valence-electron chi connectivity index (χ2n) is 5.70. The summed E-state index contributed by atoms with van der Waals surface area (Å²) in [5, 5.41) is 3.15. The monoisotopic (exact) mass is 342 g/mol. The summed E-state index contributed by atoms with van der Waals surface area (Å²) in [5.41, 5.74) is 5.80. The van der Waals surface area contributed by atoms with Crippen LogP contribution >= 0.6 is 11.3 Å². The molecular formula is C19H22N2O2S. The van der Waals surface area contributed by atoms with E-state index in [2.05, 4.69) is 29.9 Å². The van der Waals surface area contributed by atoms with E-state index in [1.54, 1.807) is 25.6 Å². The number of hydrogen-bond donors (Lipinski definition) is 0. The topological polar surface area (TPSA) is 36.3 Å². The number of nitrogens with zero attached hydrogens (tertiary/aromatic N) is 2. The van der Waals surface area contributed by atoms with Gasteiger partial charge in [-0.05, 0) is 44.2 Å². The SMILES string of the molecule is COCCn1c(C)cc(-c2csc(-c3ccc(OC)cc3)n2)c1C. The molecule has 0 fully saturated rings. The van der Waals surface area contributed by atoms with Gasteiger partial charge in [-0.15, -0.1) is 11.3 Å². The Morgan fingerprint density at radius 2 is 1.88 bits per heavy atom. The molecule has 0 spiro atoms. The maximum atomic E-state index is 5.21. The molecule has 0 bridgehead atoms. The fraction of sp³-hybridized carbons (Fsp3) is 0.316. The number of aryl methyl sites for hydroxylation is 1. The van der Waals surface area contributed by atoms with Crippen LogP contribution in [0.4, 0.5) is 0 Å². The van der Waals surface area contributed by atoms with Crippen LogP contribution in [-0.4, -0.2) is 30.4 Å². The molecule has 0 aliphatic heterocycles. The van der Waals surface area contributed by atoms with Crippen LogP contribution in [0.15, 0.2) is 35.7 Å². The molecule has 0 aliphatic carbocycles. The Kier molecular flexibility index (Phi) is 5.02. The number of rotatable bonds is 6. The third-order valence-electron chi connectivity index (χ3n) is 4.21. The molecule has 0 saturated carbocycles. The summed E-state index contributed by atoms with van der Waals surface area (Å²) >= 11 is 1.67. The number of hydrogen-bond acceptors (Lipinski definition) is 4. The molecule has 126 valence electrons. The van der Waals surface area contributed by atoms with E-state index in [9.17, 15) is 0 Å². The van der Waals surface area contributed by atoms with Crippen LogP contribution < -0.4 is 4.74 Å². The Balaban J connectivity index is 1.90. The van der Waals surface area contributed by atoms with E-state index < -0.39 is 0 Å². The molecule has 1 aromatic carbocycles. The zero-order valence-electron chi connectivity index (χ0n) is 14.5. The molecule has 0 N–H and O–H groups in total. The van der Waals surface area contributed by atoms with Gasteiger partial charge in [0.2, 0.25) is 0 Å². The first-order chi connectivity index (χ1) is 11.6. The molecule has 5 heteroatoms. The summed E-state index contributed by atoms with van der Waals surface area (Å²) in [4.78, 5) is 4.83. The molecule has 24 heavy (non-hydrogen) atoms. The summed E-state index contributed by atoms with van der Waals surface area (Å²) in [6.07, 6.45) is 0. The van der Waals surface area contributed by atoms with Gasteiger partial charge in [0, 0.05) is 41.5 Å². The van der Waals surface area contributed by atoms with Gasteiger partial charge in [-0.1, -0.05) is 0 Å². The number of benzene rings is 1. The van der Waals surface area contributed by atoms with Crippen LogP contribution in [0.25, 0.3) is 21.8 Å². The average Bonchev–Trinajstić information content (AvgIpc) is 3.19. The van der Waals surface area contributed by atoms with Gasteiger partial charge < -0.3 is 14.0 Å². The Morgan fingerprint density at radius 3 is 2.54 bits per heavy atom. The highest BCUT2D eigenvalue weighted by Gasteiger charge is 2.14. The summed E-state index contributed by atoms with van der Waals surface area (Å²) in [6, 6.07) is 10.2. The third kappa shape index (κ3) is 3.23. The van der Waals surface area contributed by atoms with Crippen molar-refractivity contribution in [1.82, 2.24) is 9.55 Å². The number of methoxy groups -OCH3 is 2. The minimum absolute atomic E-state index is 0.712. The largest absolute Gasteiger partial charge is 0.497 e. The first-order valence-electron chi connectivity index (χ1n) is 7.90. The lowest BCUT2D eigenvalue weighted by Gasteiger charge is -2.08. The predicted octanol–water partition coefficient (Wildman–Crippen LogP) is 4.55. The van der Waals surface area contributed by atoms with Crippen molar-refractivity contribution in [3.8, 4) is 27.6 Å². The third-order valence-corrected chi connectivity index (χ3v) is 5.10. The van der Waals surface area contributed by atoms with Crippen LogP contribution in [0.1, 0.15) is 11.4 Å². The van der Waals surface area contributed by atoms with Crippen molar-refractivity contribution in [2.45, 2.75) is 20.4 Å². The van der Waals surface area contributed by atoms with E-state index in [4.69, 9.17) is 14.5 Å². The van der Waals surface area contributed by atoms with Gasteiger partial charge >= 0.3 is 0 Å². The van der Waals surface area contributed by atoms with E-state index >= 15 is 0 Å². The minimum Gasteiger partial charge on any atom is -0.497 e. The first-order valence-corrected chi connectivity index (χ1v) is 8.78. The van der Waals surface area contributed by atoms with Gasteiger partial charge in [0.25, 0.3) is 0 Å². The van der Waals surface area contributed by atoms with E-state index in [0.717, 1.165) is 28.6 Å². The molecule has 3 rings (SSSR count). The Labute approximate surface area is 146 Å². The molecule has 2 heterocycles. The van der Waals surface area contributed by atoms with Crippen molar-refractivity contribution >= 4 is 11.3 Å². The molecule has 0 amide bonds. The predicted molar refractivity (Wildman–Crippen MR) is 98.9 cm³/mol. The number of thiazole rings is 1. The summed E-state index contributed by atoms with van der Waals surface area (Å²) in [5.74, 6) is 0.859. The van der Waals surface area contributed by atoms with Gasteiger partial charge in [-0.3, -0.25) is 0 Å². The van der Waals surface area contributed by atoms with E-state index in [1.165, 1.54) is 17.0 Å². The zero-order valence-corrected chi connectivity index (χ0v) is 15.3. The molecule has 0 aliphatic rings. The highest BCUT2D eigenvalue weighted by Crippen LogP contribution is 2.32. The van der Waals surface area contributed by atoms with E-state index in [1.807, 2.05) is 24.3 Å². The molecule has 0 saturated heterocycles. The lowest BCUT2D eigenvalue weighted by atomic mass is 10.2. The number of ether oxygens (including phenoxy) is 2. The second-order valence-corrected chi connectivity index (χ2v) is 6.55. The number of aromatic nitrogens is 2. The maximum absolute atomic E-state index is 5.21. The Hall–Kier alpha value is -2.11. The standard InChI is InChI=1S/C19H22N2O2S/c1-13-11-17(14(2)21(13)9-10-22-3)18-12-24-19(20-18)15-5-7-16(23-4)8-6-15/h5-8,11-12H,9-10H2,1-4H3. The van der Waals surface area contributed by atoms with Gasteiger partial charge in [0.15, 0.2) is 0 Å². The van der Waals surface area contributed by atoms with Crippen LogP contribution in [0.5, 0.6) is 5.75 Å². The summed E-state index contributed by atoms with van der Waals surface area (Å²) < 4.78 is 12.7. The van der Waals surface area contributed by atoms with Crippen LogP contribution in [0.2, 0.25) is 0 Å². The van der Waals surface area contributed by atoms with Gasteiger partial charge in [-0.25, -0.2) is 4.98 Å².